The van der Waals surface area contributed by atoms with Gasteiger partial charge < -0.3 is 5.32 Å². The third kappa shape index (κ3) is 3.11. The zero-order valence-corrected chi connectivity index (χ0v) is 10.9. The number of anilines is 1. The molecule has 19 heavy (non-hydrogen) atoms. The van der Waals surface area contributed by atoms with Gasteiger partial charge in [-0.25, -0.2) is 4.39 Å². The number of rotatable bonds is 3. The molecule has 2 rings (SSSR count). The van der Waals surface area contributed by atoms with E-state index < -0.39 is 6.04 Å². The summed E-state index contributed by atoms with van der Waals surface area (Å²) >= 11 is 0. The lowest BCUT2D eigenvalue weighted by Crippen LogP contribution is -2.10. The van der Waals surface area contributed by atoms with Gasteiger partial charge >= 0.3 is 0 Å². The minimum absolute atomic E-state index is 0.286. The van der Waals surface area contributed by atoms with Crippen molar-refractivity contribution in [1.29, 1.82) is 5.26 Å². The number of hydrogen-bond donors (Lipinski definition) is 1. The third-order valence-corrected chi connectivity index (χ3v) is 3.03. The maximum atomic E-state index is 12.9. The number of nitriles is 1. The Morgan fingerprint density at radius 3 is 2.42 bits per heavy atom. The summed E-state index contributed by atoms with van der Waals surface area (Å²) in [5.41, 5.74) is 3.86. The van der Waals surface area contributed by atoms with Crippen molar-refractivity contribution in [2.75, 3.05) is 5.32 Å². The quantitative estimate of drug-likeness (QED) is 0.894. The van der Waals surface area contributed by atoms with Crippen LogP contribution in [0.4, 0.5) is 10.1 Å². The molecule has 0 aliphatic heterocycles. The van der Waals surface area contributed by atoms with Crippen molar-refractivity contribution < 1.29 is 4.39 Å². The van der Waals surface area contributed by atoms with E-state index in [1.165, 1.54) is 12.1 Å². The zero-order chi connectivity index (χ0) is 13.8. The molecule has 0 saturated carbocycles. The summed E-state index contributed by atoms with van der Waals surface area (Å²) in [4.78, 5) is 0. The van der Waals surface area contributed by atoms with Crippen molar-refractivity contribution in [3.8, 4) is 6.07 Å². The fourth-order valence-corrected chi connectivity index (χ4v) is 1.96. The second-order valence-corrected chi connectivity index (χ2v) is 4.57. The Labute approximate surface area is 112 Å². The highest BCUT2D eigenvalue weighted by Gasteiger charge is 2.13. The van der Waals surface area contributed by atoms with Gasteiger partial charge in [0.05, 0.1) is 6.07 Å². The molecular formula is C16H15FN2. The van der Waals surface area contributed by atoms with E-state index in [0.29, 0.717) is 0 Å². The molecule has 0 saturated heterocycles. The first-order valence-electron chi connectivity index (χ1n) is 6.09. The van der Waals surface area contributed by atoms with Crippen LogP contribution in [0.2, 0.25) is 0 Å². The molecule has 2 nitrogen and oxygen atoms in total. The van der Waals surface area contributed by atoms with Crippen LogP contribution in [-0.4, -0.2) is 0 Å². The maximum Gasteiger partial charge on any atom is 0.140 e. The lowest BCUT2D eigenvalue weighted by molar-refractivity contribution is 0.628. The van der Waals surface area contributed by atoms with Gasteiger partial charge in [0.1, 0.15) is 11.9 Å². The molecule has 2 aromatic carbocycles. The van der Waals surface area contributed by atoms with E-state index in [1.54, 1.807) is 12.1 Å². The largest absolute Gasteiger partial charge is 0.366 e. The van der Waals surface area contributed by atoms with Crippen molar-refractivity contribution in [2.24, 2.45) is 0 Å². The van der Waals surface area contributed by atoms with Gasteiger partial charge in [0.25, 0.3) is 0 Å². The highest BCUT2D eigenvalue weighted by Crippen LogP contribution is 2.23. The summed E-state index contributed by atoms with van der Waals surface area (Å²) < 4.78 is 12.9. The Morgan fingerprint density at radius 2 is 1.79 bits per heavy atom. The van der Waals surface area contributed by atoms with Crippen molar-refractivity contribution in [3.63, 3.8) is 0 Å². The number of halogens is 1. The van der Waals surface area contributed by atoms with Crippen LogP contribution in [0.15, 0.2) is 42.5 Å². The molecule has 0 amide bonds. The van der Waals surface area contributed by atoms with Crippen LogP contribution in [0.3, 0.4) is 0 Å². The van der Waals surface area contributed by atoms with E-state index in [-0.39, 0.29) is 5.82 Å². The van der Waals surface area contributed by atoms with Gasteiger partial charge in [0.15, 0.2) is 0 Å². The Kier molecular flexibility index (Phi) is 3.82. The van der Waals surface area contributed by atoms with Gasteiger partial charge in [-0.05, 0) is 49.2 Å². The summed E-state index contributed by atoms with van der Waals surface area (Å²) in [6, 6.07) is 13.8. The number of nitrogens with one attached hydrogen (secondary N) is 1. The average Bonchev–Trinajstić information content (AvgIpc) is 2.41. The SMILES string of the molecule is Cc1ccc(C)c(C(C#N)Nc2ccc(F)cc2)c1. The van der Waals surface area contributed by atoms with Crippen LogP contribution < -0.4 is 5.32 Å². The van der Waals surface area contributed by atoms with Crippen LogP contribution >= 0.6 is 0 Å². The second kappa shape index (κ2) is 5.53. The van der Waals surface area contributed by atoms with Gasteiger partial charge in [-0.15, -0.1) is 0 Å². The van der Waals surface area contributed by atoms with Gasteiger partial charge in [-0.2, -0.15) is 5.26 Å². The molecule has 1 atom stereocenters. The Balaban J connectivity index is 2.28. The third-order valence-electron chi connectivity index (χ3n) is 3.03. The van der Waals surface area contributed by atoms with Crippen LogP contribution in [0.25, 0.3) is 0 Å². The molecule has 1 N–H and O–H groups in total. The first-order chi connectivity index (χ1) is 9.10. The topological polar surface area (TPSA) is 35.8 Å². The van der Waals surface area contributed by atoms with Crippen LogP contribution in [0, 0.1) is 31.0 Å². The molecule has 2 aromatic rings. The van der Waals surface area contributed by atoms with Crippen LogP contribution in [-0.2, 0) is 0 Å². The predicted molar refractivity (Wildman–Crippen MR) is 74.3 cm³/mol. The van der Waals surface area contributed by atoms with Gasteiger partial charge in [0.2, 0.25) is 0 Å². The van der Waals surface area contributed by atoms with E-state index >= 15 is 0 Å². The van der Waals surface area contributed by atoms with E-state index in [4.69, 9.17) is 0 Å². The minimum Gasteiger partial charge on any atom is -0.366 e. The molecular weight excluding hydrogens is 239 g/mol. The number of nitrogens with zero attached hydrogens (tertiary/aromatic N) is 1. The summed E-state index contributed by atoms with van der Waals surface area (Å²) in [7, 11) is 0. The summed E-state index contributed by atoms with van der Waals surface area (Å²) in [6.07, 6.45) is 0. The lowest BCUT2D eigenvalue weighted by atomic mass is 9.99. The normalized spacial score (nSPS) is 11.7. The second-order valence-electron chi connectivity index (χ2n) is 4.57. The molecule has 0 bridgehead atoms. The van der Waals surface area contributed by atoms with Crippen LogP contribution in [0.5, 0.6) is 0 Å². The molecule has 3 heteroatoms. The van der Waals surface area contributed by atoms with Gasteiger partial charge in [0, 0.05) is 5.69 Å². The van der Waals surface area contributed by atoms with Crippen molar-refractivity contribution >= 4 is 5.69 Å². The smallest absolute Gasteiger partial charge is 0.140 e. The van der Waals surface area contributed by atoms with Crippen molar-refractivity contribution in [3.05, 3.63) is 65.0 Å². The number of aryl methyl sites for hydroxylation is 2. The monoisotopic (exact) mass is 254 g/mol. The summed E-state index contributed by atoms with van der Waals surface area (Å²) in [5, 5.41) is 12.4. The maximum absolute atomic E-state index is 12.9. The Bertz CT molecular complexity index is 612. The first kappa shape index (κ1) is 13.1. The fourth-order valence-electron chi connectivity index (χ4n) is 1.96. The molecule has 0 aliphatic carbocycles. The molecule has 0 aromatic heterocycles. The average molecular weight is 254 g/mol. The van der Waals surface area contributed by atoms with E-state index in [0.717, 1.165) is 22.4 Å². The molecule has 0 spiro atoms. The number of benzene rings is 2. The molecule has 0 fully saturated rings. The molecule has 0 radical (unpaired) electrons. The summed E-state index contributed by atoms with van der Waals surface area (Å²) in [5.74, 6) is -0.286. The summed E-state index contributed by atoms with van der Waals surface area (Å²) in [6.45, 7) is 3.97. The van der Waals surface area contributed by atoms with Gasteiger partial charge in [-0.3, -0.25) is 0 Å². The molecule has 0 aliphatic rings. The highest BCUT2D eigenvalue weighted by molar-refractivity contribution is 5.49. The van der Waals surface area contributed by atoms with E-state index in [2.05, 4.69) is 11.4 Å². The highest BCUT2D eigenvalue weighted by atomic mass is 19.1. The molecule has 0 heterocycles. The van der Waals surface area contributed by atoms with Gasteiger partial charge in [-0.1, -0.05) is 23.8 Å². The Hall–Kier alpha value is -2.34. The van der Waals surface area contributed by atoms with Crippen molar-refractivity contribution in [1.82, 2.24) is 0 Å². The first-order valence-corrected chi connectivity index (χ1v) is 6.09. The molecule has 96 valence electrons. The fraction of sp³-hybridized carbons (Fsp3) is 0.188. The predicted octanol–water partition coefficient (Wildman–Crippen LogP) is 4.12. The zero-order valence-electron chi connectivity index (χ0n) is 10.9. The lowest BCUT2D eigenvalue weighted by Gasteiger charge is -2.16. The van der Waals surface area contributed by atoms with Crippen molar-refractivity contribution in [2.45, 2.75) is 19.9 Å². The Morgan fingerprint density at radius 1 is 1.11 bits per heavy atom. The molecule has 1 unspecified atom stereocenters. The van der Waals surface area contributed by atoms with E-state index in [1.807, 2.05) is 32.0 Å². The number of hydrogen-bond acceptors (Lipinski definition) is 2. The van der Waals surface area contributed by atoms with E-state index in [9.17, 15) is 9.65 Å². The minimum atomic E-state index is -0.439. The standard InChI is InChI=1S/C16H15FN2/c1-11-3-4-12(2)15(9-11)16(10-18)19-14-7-5-13(17)6-8-14/h3-9,16,19H,1-2H3. The van der Waals surface area contributed by atoms with Crippen LogP contribution in [0.1, 0.15) is 22.7 Å².